The van der Waals surface area contributed by atoms with Gasteiger partial charge < -0.3 is 15.7 Å². The van der Waals surface area contributed by atoms with Crippen molar-refractivity contribution in [2.45, 2.75) is 68.8 Å². The standard InChI is InChI=1S/C25H26Cl2F2N4O3/c26-14-3-4-15(28)19(20(14)27)21(24-5-7-25(29,12-24)8-6-24)32-22(35)13-10-17(18(34)11-13)31-23(36)16-2-1-9-30-33-16/h1-4,9,13,17-18,21,34H,5-8,10-12H2,(H,31,36)(H,32,35)/t13-,17-,18+,21+,24?,25?/m0/s1. The lowest BCUT2D eigenvalue weighted by Crippen LogP contribution is -2.42. The number of fused-ring (bicyclic) bond motifs is 2. The molecule has 36 heavy (non-hydrogen) atoms. The number of alkyl halides is 1. The lowest BCUT2D eigenvalue weighted by Gasteiger charge is -2.38. The van der Waals surface area contributed by atoms with Crippen molar-refractivity contribution < 1.29 is 23.5 Å². The molecule has 1 heterocycles. The first kappa shape index (κ1) is 25.3. The summed E-state index contributed by atoms with van der Waals surface area (Å²) in [4.78, 5) is 25.9. The Bertz CT molecular complexity index is 1180. The van der Waals surface area contributed by atoms with E-state index in [0.717, 1.165) is 0 Å². The van der Waals surface area contributed by atoms with Crippen LogP contribution < -0.4 is 10.6 Å². The van der Waals surface area contributed by atoms with Gasteiger partial charge in [0.25, 0.3) is 5.91 Å². The van der Waals surface area contributed by atoms with Gasteiger partial charge in [0.05, 0.1) is 28.2 Å². The minimum Gasteiger partial charge on any atom is -0.391 e. The topological polar surface area (TPSA) is 104 Å². The van der Waals surface area contributed by atoms with Gasteiger partial charge in [-0.25, -0.2) is 8.78 Å². The van der Waals surface area contributed by atoms with E-state index in [4.69, 9.17) is 23.2 Å². The monoisotopic (exact) mass is 538 g/mol. The first-order valence-electron chi connectivity index (χ1n) is 12.0. The first-order chi connectivity index (χ1) is 17.1. The number of amides is 2. The largest absolute Gasteiger partial charge is 0.391 e. The molecule has 0 aliphatic heterocycles. The number of rotatable bonds is 6. The fourth-order valence-corrected chi connectivity index (χ4v) is 6.65. The Hall–Kier alpha value is -2.36. The third-order valence-electron chi connectivity index (χ3n) is 8.10. The Balaban J connectivity index is 1.36. The van der Waals surface area contributed by atoms with Gasteiger partial charge in [-0.15, -0.1) is 5.10 Å². The second kappa shape index (κ2) is 9.50. The number of carbonyl (C=O) groups is 2. The van der Waals surface area contributed by atoms with Crippen molar-refractivity contribution in [1.29, 1.82) is 0 Å². The molecule has 2 aromatic rings. The summed E-state index contributed by atoms with van der Waals surface area (Å²) in [6, 6.07) is 4.07. The van der Waals surface area contributed by atoms with E-state index < -0.39 is 52.8 Å². The zero-order chi connectivity index (χ0) is 25.7. The third kappa shape index (κ3) is 4.57. The number of aliphatic hydroxyl groups excluding tert-OH is 1. The summed E-state index contributed by atoms with van der Waals surface area (Å²) < 4.78 is 30.3. The minimum absolute atomic E-state index is 0.000155. The molecule has 7 nitrogen and oxygen atoms in total. The predicted molar refractivity (Wildman–Crippen MR) is 129 cm³/mol. The van der Waals surface area contributed by atoms with Gasteiger partial charge >= 0.3 is 0 Å². The van der Waals surface area contributed by atoms with Crippen LogP contribution in [0.5, 0.6) is 0 Å². The van der Waals surface area contributed by atoms with Crippen molar-refractivity contribution in [3.05, 3.63) is 57.6 Å². The van der Waals surface area contributed by atoms with Gasteiger partial charge in [0.2, 0.25) is 5.91 Å². The molecule has 3 fully saturated rings. The van der Waals surface area contributed by atoms with Crippen molar-refractivity contribution in [1.82, 2.24) is 20.8 Å². The Morgan fingerprint density at radius 1 is 1.14 bits per heavy atom. The van der Waals surface area contributed by atoms with E-state index in [2.05, 4.69) is 20.8 Å². The van der Waals surface area contributed by atoms with E-state index in [1.807, 2.05) is 0 Å². The summed E-state index contributed by atoms with van der Waals surface area (Å²) in [6.07, 6.45) is 2.64. The number of halogens is 4. The van der Waals surface area contributed by atoms with Crippen LogP contribution >= 0.6 is 23.2 Å². The molecular weight excluding hydrogens is 513 g/mol. The summed E-state index contributed by atoms with van der Waals surface area (Å²) in [7, 11) is 0. The van der Waals surface area contributed by atoms with E-state index in [1.165, 1.54) is 24.4 Å². The molecule has 2 bridgehead atoms. The van der Waals surface area contributed by atoms with E-state index >= 15 is 8.78 Å². The Kier molecular flexibility index (Phi) is 6.68. The smallest absolute Gasteiger partial charge is 0.272 e. The van der Waals surface area contributed by atoms with Crippen LogP contribution in [0.25, 0.3) is 0 Å². The highest BCUT2D eigenvalue weighted by atomic mass is 35.5. The molecule has 0 spiro atoms. The molecule has 192 valence electrons. The van der Waals surface area contributed by atoms with Crippen molar-refractivity contribution in [3.63, 3.8) is 0 Å². The predicted octanol–water partition coefficient (Wildman–Crippen LogP) is 4.32. The highest BCUT2D eigenvalue weighted by molar-refractivity contribution is 6.42. The molecule has 5 rings (SSSR count). The van der Waals surface area contributed by atoms with Crippen LogP contribution in [0.2, 0.25) is 10.0 Å². The van der Waals surface area contributed by atoms with Gasteiger partial charge in [0.1, 0.15) is 11.5 Å². The van der Waals surface area contributed by atoms with E-state index in [-0.39, 0.29) is 40.6 Å². The van der Waals surface area contributed by atoms with Crippen molar-refractivity contribution >= 4 is 35.0 Å². The molecule has 0 radical (unpaired) electrons. The molecule has 3 saturated carbocycles. The molecule has 1 aromatic carbocycles. The highest BCUT2D eigenvalue weighted by Gasteiger charge is 2.59. The lowest BCUT2D eigenvalue weighted by atomic mass is 9.74. The van der Waals surface area contributed by atoms with Crippen LogP contribution in [-0.2, 0) is 4.79 Å². The Morgan fingerprint density at radius 3 is 2.53 bits per heavy atom. The molecule has 4 atom stereocenters. The van der Waals surface area contributed by atoms with Gasteiger partial charge in [0, 0.05) is 17.7 Å². The summed E-state index contributed by atoms with van der Waals surface area (Å²) in [5.74, 6) is -2.18. The molecule has 1 aromatic heterocycles. The summed E-state index contributed by atoms with van der Waals surface area (Å²) >= 11 is 12.6. The Labute approximate surface area is 217 Å². The fourth-order valence-electron chi connectivity index (χ4n) is 6.22. The molecule has 3 aliphatic rings. The summed E-state index contributed by atoms with van der Waals surface area (Å²) in [6.45, 7) is 0. The van der Waals surface area contributed by atoms with E-state index in [1.54, 1.807) is 6.07 Å². The van der Waals surface area contributed by atoms with Crippen molar-refractivity contribution in [3.8, 4) is 0 Å². The molecule has 3 aliphatic carbocycles. The molecule has 0 saturated heterocycles. The highest BCUT2D eigenvalue weighted by Crippen LogP contribution is 2.64. The van der Waals surface area contributed by atoms with Gasteiger partial charge in [-0.3, -0.25) is 9.59 Å². The number of aliphatic hydroxyl groups is 1. The fraction of sp³-hybridized carbons (Fsp3) is 0.520. The average molecular weight is 539 g/mol. The Morgan fingerprint density at radius 2 is 1.89 bits per heavy atom. The molecule has 2 amide bonds. The molecule has 3 N–H and O–H groups in total. The lowest BCUT2D eigenvalue weighted by molar-refractivity contribution is -0.127. The molecule has 0 unspecified atom stereocenters. The number of aromatic nitrogens is 2. The first-order valence-corrected chi connectivity index (χ1v) is 12.8. The van der Waals surface area contributed by atoms with Crippen LogP contribution in [0.1, 0.15) is 67.0 Å². The number of hydrogen-bond acceptors (Lipinski definition) is 5. The summed E-state index contributed by atoms with van der Waals surface area (Å²) in [5.41, 5.74) is -1.85. The van der Waals surface area contributed by atoms with Crippen LogP contribution in [0.15, 0.2) is 30.5 Å². The SMILES string of the molecule is O=C(N[C@H]1C[C@H](C(=O)N[C@H](c2c(F)ccc(Cl)c2Cl)C23CCC(F)(CC2)C3)C[C@H]1O)c1cccnn1. The molecule has 11 heteroatoms. The zero-order valence-corrected chi connectivity index (χ0v) is 20.8. The molecular formula is C25H26Cl2F2N4O3. The zero-order valence-electron chi connectivity index (χ0n) is 19.3. The summed E-state index contributed by atoms with van der Waals surface area (Å²) in [5, 5.41) is 23.8. The van der Waals surface area contributed by atoms with Crippen LogP contribution in [0.4, 0.5) is 8.78 Å². The van der Waals surface area contributed by atoms with Crippen LogP contribution in [0.3, 0.4) is 0 Å². The maximum Gasteiger partial charge on any atom is 0.272 e. The van der Waals surface area contributed by atoms with Crippen molar-refractivity contribution in [2.24, 2.45) is 11.3 Å². The second-order valence-electron chi connectivity index (χ2n) is 10.3. The quantitative estimate of drug-likeness (QED) is 0.475. The minimum atomic E-state index is -1.33. The number of nitrogens with one attached hydrogen (secondary N) is 2. The van der Waals surface area contributed by atoms with Gasteiger partial charge in [-0.2, -0.15) is 5.10 Å². The van der Waals surface area contributed by atoms with Gasteiger partial charge in [0.15, 0.2) is 5.69 Å². The van der Waals surface area contributed by atoms with Crippen LogP contribution in [-0.4, -0.2) is 44.9 Å². The normalized spacial score (nSPS) is 31.9. The van der Waals surface area contributed by atoms with Gasteiger partial charge in [-0.1, -0.05) is 23.2 Å². The maximum absolute atomic E-state index is 15.1. The number of nitrogens with zero attached hydrogens (tertiary/aromatic N) is 2. The number of carbonyl (C=O) groups excluding carboxylic acids is 2. The van der Waals surface area contributed by atoms with Crippen molar-refractivity contribution in [2.75, 3.05) is 0 Å². The number of hydrogen-bond donors (Lipinski definition) is 3. The maximum atomic E-state index is 15.1. The van der Waals surface area contributed by atoms with E-state index in [0.29, 0.717) is 25.7 Å². The van der Waals surface area contributed by atoms with Crippen LogP contribution in [0, 0.1) is 17.2 Å². The second-order valence-corrected chi connectivity index (χ2v) is 11.1. The third-order valence-corrected chi connectivity index (χ3v) is 8.92. The average Bonchev–Trinajstić information content (AvgIpc) is 3.52. The number of benzene rings is 1. The van der Waals surface area contributed by atoms with Gasteiger partial charge in [-0.05, 0) is 74.6 Å². The van der Waals surface area contributed by atoms with E-state index in [9.17, 15) is 14.7 Å².